The second kappa shape index (κ2) is 52.7. The number of aromatic hydroxyl groups is 2. The number of ether oxygens (including phenoxy) is 5. The molecule has 18 N–H and O–H groups in total. The van der Waals surface area contributed by atoms with E-state index in [1.54, 1.807) is 29.2 Å². The molecule has 1 spiro atoms. The van der Waals surface area contributed by atoms with E-state index in [9.17, 15) is 67.3 Å². The summed E-state index contributed by atoms with van der Waals surface area (Å²) in [4.78, 5) is 128. The Hall–Kier alpha value is -8.90. The standard InChI is InChI=1S/C36H71N5O8.C26H49N9O5.C20H10F2O5/c1-6-9-11-17-30(4)34(43)38-20-14-13-19-32(41-35(44)31(5)18-12-10-7-2)36(45)39-29-33(42)37-21-15-23-46-25-27-48-28-26-47-24-16-22-40-49-8-3;1-16(8-5-13-31-26(29)30)32-22(37)19-10-6-14-34(19)25(40)20-11-7-15-35(20)24(39)18(9-3-4-12-27)33-23(38)21(28)17(2)36;21-13-5-11-17(7-15(13)23)26-18-8-16(24)14(22)6-12(18)20(11)10-4-2-1-3-9(10)19(25)27-20/h30-32,40H,6-29H2,1-5H3,(H,37,42)(H,38,43)(H,39,45)(H,41,44);16-21,36H,3-15,27-28H2,1-2H3,(H,32,37)(H,33,38)(H4,29,30,31);1-8,23-24H/t30-,31-,32-;16-,17-,18+,19+,20+,21-;/m01./s1. The van der Waals surface area contributed by atoms with Crippen LogP contribution < -0.4 is 65.1 Å². The summed E-state index contributed by atoms with van der Waals surface area (Å²) in [6, 6.07) is 6.32. The van der Waals surface area contributed by atoms with Gasteiger partial charge in [0.05, 0.1) is 62.4 Å². The zero-order chi connectivity index (χ0) is 85.1. The van der Waals surface area contributed by atoms with Crippen molar-refractivity contribution in [2.75, 3.05) is 98.6 Å². The van der Waals surface area contributed by atoms with Crippen LogP contribution in [0, 0.1) is 23.5 Å². The molecule has 3 aromatic rings. The van der Waals surface area contributed by atoms with Gasteiger partial charge in [-0.15, -0.1) is 0 Å². The number of aliphatic imine (C=N–C) groups is 1. The van der Waals surface area contributed by atoms with Crippen LogP contribution in [0.15, 0.2) is 53.5 Å². The highest BCUT2D eigenvalue weighted by molar-refractivity contribution is 5.98. The lowest BCUT2D eigenvalue weighted by atomic mass is 9.77. The molecule has 32 nitrogen and oxygen atoms in total. The van der Waals surface area contributed by atoms with Gasteiger partial charge in [-0.05, 0) is 148 Å². The number of halogens is 2. The minimum atomic E-state index is -1.67. The maximum atomic E-state index is 14.2. The Morgan fingerprint density at radius 3 is 1.77 bits per heavy atom. The molecule has 116 heavy (non-hydrogen) atoms. The number of unbranched alkanes of at least 4 members (excludes halogenated alkanes) is 6. The number of phenolic OH excluding ortho intramolecular Hbond substituents is 2. The lowest BCUT2D eigenvalue weighted by Gasteiger charge is -2.36. The van der Waals surface area contributed by atoms with Crippen molar-refractivity contribution >= 4 is 59.2 Å². The molecule has 3 aromatic carbocycles. The topological polar surface area (TPSA) is 477 Å². The highest BCUT2D eigenvalue weighted by atomic mass is 19.1. The number of likely N-dealkylation sites (tertiary alicyclic amines) is 2. The number of aliphatic hydroxyl groups excluding tert-OH is 1. The second-order valence-electron chi connectivity index (χ2n) is 29.7. The van der Waals surface area contributed by atoms with E-state index in [2.05, 4.69) is 56.2 Å². The number of hydroxylamine groups is 1. The number of hydrogen-bond acceptors (Lipinski definition) is 22. The van der Waals surface area contributed by atoms with E-state index in [0.29, 0.717) is 175 Å². The van der Waals surface area contributed by atoms with Gasteiger partial charge >= 0.3 is 5.97 Å². The van der Waals surface area contributed by atoms with Crippen LogP contribution in [0.5, 0.6) is 23.0 Å². The van der Waals surface area contributed by atoms with E-state index in [4.69, 9.17) is 51.5 Å². The maximum absolute atomic E-state index is 14.2. The molecule has 8 amide bonds. The van der Waals surface area contributed by atoms with Crippen LogP contribution in [0.4, 0.5) is 8.78 Å². The summed E-state index contributed by atoms with van der Waals surface area (Å²) in [6.45, 7) is 20.3. The maximum Gasteiger partial charge on any atom is 0.340 e. The number of nitrogens with one attached hydrogen (secondary N) is 7. The number of benzene rings is 3. The van der Waals surface area contributed by atoms with Gasteiger partial charge in [0, 0.05) is 88.1 Å². The minimum Gasteiger partial charge on any atom is -0.505 e. The first-order chi connectivity index (χ1) is 55.6. The third kappa shape index (κ3) is 31.5. The number of amides is 8. The molecule has 34 heteroatoms. The Labute approximate surface area is 680 Å². The summed E-state index contributed by atoms with van der Waals surface area (Å²) in [6.07, 6.45) is 15.6. The average molecular weight is 1640 g/mol. The SMILES string of the molecule is CCCCC[C@H](C)C(=O)NCCCC[C@H](NC(=O)[C@@H](C)CCCCC)C(=O)NCC(=O)NCCCOCCOCCOCCCNOCC.C[C@H](CCCN=C(N)N)NC(=O)[C@@H]1CCCN1C(=O)[C@@H]1CCCN1C(=O)[C@H](CCCCN)NC(=O)[C@H](N)[C@@H](C)O.O=C1OC2(c3cc(F)c(O)cc3Oc3cc(O)c(F)cc32)c2ccccc21. The van der Waals surface area contributed by atoms with Crippen molar-refractivity contribution in [1.82, 2.24) is 47.2 Å². The second-order valence-corrected chi connectivity index (χ2v) is 29.7. The molecule has 0 unspecified atom stereocenters. The smallest absolute Gasteiger partial charge is 0.340 e. The van der Waals surface area contributed by atoms with Crippen molar-refractivity contribution in [1.29, 1.82) is 0 Å². The van der Waals surface area contributed by atoms with Crippen molar-refractivity contribution in [3.63, 3.8) is 0 Å². The lowest BCUT2D eigenvalue weighted by Crippen LogP contribution is -2.58. The van der Waals surface area contributed by atoms with Crippen LogP contribution in [0.1, 0.15) is 217 Å². The van der Waals surface area contributed by atoms with E-state index < -0.39 is 76.9 Å². The van der Waals surface area contributed by atoms with Crippen molar-refractivity contribution in [3.05, 3.63) is 82.4 Å². The van der Waals surface area contributed by atoms with Gasteiger partial charge in [0.2, 0.25) is 47.3 Å². The van der Waals surface area contributed by atoms with Gasteiger partial charge in [-0.2, -0.15) is 0 Å². The van der Waals surface area contributed by atoms with Crippen molar-refractivity contribution < 1.29 is 95.8 Å². The zero-order valence-electron chi connectivity index (χ0n) is 68.9. The quantitative estimate of drug-likeness (QED) is 0.0108. The van der Waals surface area contributed by atoms with Gasteiger partial charge in [0.25, 0.3) is 0 Å². The average Bonchev–Trinajstić information content (AvgIpc) is 1.48. The van der Waals surface area contributed by atoms with E-state index in [-0.39, 0.29) is 99.9 Å². The first-order valence-electron chi connectivity index (χ1n) is 41.3. The molecule has 650 valence electrons. The first-order valence-corrected chi connectivity index (χ1v) is 41.3. The highest BCUT2D eigenvalue weighted by Gasteiger charge is 2.54. The van der Waals surface area contributed by atoms with Crippen LogP contribution in [-0.2, 0) is 67.7 Å². The van der Waals surface area contributed by atoms with E-state index in [1.165, 1.54) is 11.8 Å². The number of rotatable bonds is 50. The van der Waals surface area contributed by atoms with Crippen LogP contribution in [0.3, 0.4) is 0 Å². The van der Waals surface area contributed by atoms with Crippen LogP contribution in [0.25, 0.3) is 0 Å². The van der Waals surface area contributed by atoms with E-state index in [1.807, 2.05) is 27.7 Å². The Bertz CT molecular complexity index is 3560. The van der Waals surface area contributed by atoms with Crippen molar-refractivity contribution in [3.8, 4) is 23.0 Å². The molecule has 0 saturated carbocycles. The Kier molecular flexibility index (Phi) is 44.4. The van der Waals surface area contributed by atoms with Gasteiger partial charge in [0.1, 0.15) is 41.7 Å². The molecule has 4 aliphatic heterocycles. The number of hydrogen-bond donors (Lipinski definition) is 14. The summed E-state index contributed by atoms with van der Waals surface area (Å²) in [5.41, 5.74) is 24.1. The van der Waals surface area contributed by atoms with Crippen LogP contribution in [-0.4, -0.2) is 225 Å². The molecule has 7 rings (SSSR count). The summed E-state index contributed by atoms with van der Waals surface area (Å²) in [5, 5.41) is 46.2. The number of esters is 1. The molecule has 4 heterocycles. The Balaban J connectivity index is 0.000000321. The number of aliphatic hydroxyl groups is 1. The number of nitrogens with two attached hydrogens (primary N) is 4. The lowest BCUT2D eigenvalue weighted by molar-refractivity contribution is -0.148. The number of fused-ring (bicyclic) bond motifs is 6. The molecule has 0 aromatic heterocycles. The van der Waals surface area contributed by atoms with Crippen molar-refractivity contribution in [2.45, 2.75) is 238 Å². The number of guanidine groups is 1. The van der Waals surface area contributed by atoms with Crippen LogP contribution >= 0.6 is 0 Å². The monoisotopic (exact) mass is 1640 g/mol. The van der Waals surface area contributed by atoms with Gasteiger partial charge in [-0.25, -0.2) is 19.1 Å². The van der Waals surface area contributed by atoms with E-state index in [0.717, 1.165) is 88.6 Å². The fourth-order valence-corrected chi connectivity index (χ4v) is 13.7. The molecular weight excluding hydrogens is 1510 g/mol. The summed E-state index contributed by atoms with van der Waals surface area (Å²) < 4.78 is 56.2. The minimum absolute atomic E-state index is 0.0160. The van der Waals surface area contributed by atoms with Gasteiger partial charge in [-0.1, -0.05) is 84.4 Å². The number of phenols is 2. The Morgan fingerprint density at radius 2 is 1.16 bits per heavy atom. The number of carbonyl (C=O) groups is 9. The molecule has 2 saturated heterocycles. The third-order valence-electron chi connectivity index (χ3n) is 20.4. The summed E-state index contributed by atoms with van der Waals surface area (Å²) in [7, 11) is 0. The van der Waals surface area contributed by atoms with E-state index >= 15 is 0 Å². The van der Waals surface area contributed by atoms with Crippen LogP contribution in [0.2, 0.25) is 0 Å². The van der Waals surface area contributed by atoms with Gasteiger partial charge in [0.15, 0.2) is 34.7 Å². The molecule has 0 radical (unpaired) electrons. The molecule has 0 aliphatic carbocycles. The summed E-state index contributed by atoms with van der Waals surface area (Å²) in [5.74, 6) is -6.26. The van der Waals surface area contributed by atoms with Gasteiger partial charge in [-0.3, -0.25) is 43.3 Å². The predicted molar refractivity (Wildman–Crippen MR) is 432 cm³/mol. The number of nitrogens with zero attached hydrogens (tertiary/aromatic N) is 3. The van der Waals surface area contributed by atoms with Gasteiger partial charge < -0.3 is 108 Å². The third-order valence-corrected chi connectivity index (χ3v) is 20.4. The fourth-order valence-electron chi connectivity index (χ4n) is 13.7. The zero-order valence-corrected chi connectivity index (χ0v) is 68.9. The molecular formula is C82H130F2N14O18. The number of carbonyl (C=O) groups excluding carboxylic acids is 9. The largest absolute Gasteiger partial charge is 0.505 e. The molecule has 4 aliphatic rings. The normalized spacial score (nSPS) is 16.6. The Morgan fingerprint density at radius 1 is 0.612 bits per heavy atom. The molecule has 2 fully saturated rings. The molecule has 9 atom stereocenters. The molecule has 0 bridgehead atoms. The first kappa shape index (κ1) is 97.7. The van der Waals surface area contributed by atoms with Crippen molar-refractivity contribution in [2.24, 2.45) is 39.8 Å². The highest BCUT2D eigenvalue weighted by Crippen LogP contribution is 2.57. The predicted octanol–water partition coefficient (Wildman–Crippen LogP) is 5.59. The summed E-state index contributed by atoms with van der Waals surface area (Å²) >= 11 is 0. The fraction of sp³-hybridized carbons (Fsp3) is 0.659.